The first-order valence-electron chi connectivity index (χ1n) is 10.7. The molecule has 1 aromatic heterocycles. The van der Waals surface area contributed by atoms with E-state index < -0.39 is 44.7 Å². The molecule has 3 rings (SSSR count). The molecular weight excluding hydrogens is 671 g/mol. The molecule has 0 bridgehead atoms. The van der Waals surface area contributed by atoms with Crippen LogP contribution in [0.5, 0.6) is 5.75 Å². The zero-order chi connectivity index (χ0) is 29.3. The number of nitrogens with one attached hydrogen (secondary N) is 1. The molecule has 6 nitrogen and oxygen atoms in total. The number of carbonyl (C=O) groups excluding carboxylic acids is 1. The summed E-state index contributed by atoms with van der Waals surface area (Å²) in [5.74, 6) is -0.801. The van der Waals surface area contributed by atoms with Crippen molar-refractivity contribution in [1.82, 2.24) is 4.98 Å². The number of hydrogen-bond acceptors (Lipinski definition) is 5. The van der Waals surface area contributed by atoms with Crippen LogP contribution in [0.3, 0.4) is 0 Å². The lowest BCUT2D eigenvalue weighted by Gasteiger charge is -2.31. The fourth-order valence-corrected chi connectivity index (χ4v) is 5.39. The highest BCUT2D eigenvalue weighted by Crippen LogP contribution is 2.54. The number of ether oxygens (including phenoxy) is 1. The summed E-state index contributed by atoms with van der Waals surface area (Å²) >= 11 is 5.73. The van der Waals surface area contributed by atoms with Crippen LogP contribution in [0.4, 0.5) is 42.1 Å². The number of rotatable bonds is 7. The van der Waals surface area contributed by atoms with E-state index in [-0.39, 0.29) is 22.7 Å². The van der Waals surface area contributed by atoms with E-state index in [1.807, 2.05) is 0 Å². The maximum absolute atomic E-state index is 14.6. The molecule has 0 radical (unpaired) electrons. The van der Waals surface area contributed by atoms with Gasteiger partial charge < -0.3 is 20.1 Å². The van der Waals surface area contributed by atoms with Crippen molar-refractivity contribution in [2.24, 2.45) is 0 Å². The van der Waals surface area contributed by atoms with Crippen molar-refractivity contribution >= 4 is 49.1 Å². The first-order valence-corrected chi connectivity index (χ1v) is 12.2. The monoisotopic (exact) mass is 687 g/mol. The summed E-state index contributed by atoms with van der Waals surface area (Å²) in [4.78, 5) is 18.2. The van der Waals surface area contributed by atoms with E-state index in [1.165, 1.54) is 44.8 Å². The Labute approximate surface area is 234 Å². The third-order valence-corrected chi connectivity index (χ3v) is 6.81. The SMILES string of the molecule is COc1c(NC(O)c2ccncc2)cccc1C(=O)N(C)c1c(Br)cc(C(F)(C(F)(F)F)C(F)(F)F)cc1Br. The van der Waals surface area contributed by atoms with Crippen LogP contribution in [0.15, 0.2) is 63.8 Å². The number of aliphatic hydroxyl groups excluding tert-OH is 1. The lowest BCUT2D eigenvalue weighted by Crippen LogP contribution is -2.50. The molecule has 0 saturated heterocycles. The van der Waals surface area contributed by atoms with E-state index in [4.69, 9.17) is 4.74 Å². The Bertz CT molecular complexity index is 1320. The largest absolute Gasteiger partial charge is 0.494 e. The molecule has 0 aliphatic carbocycles. The maximum atomic E-state index is 14.6. The van der Waals surface area contributed by atoms with Crippen molar-refractivity contribution in [1.29, 1.82) is 0 Å². The van der Waals surface area contributed by atoms with Gasteiger partial charge in [-0.1, -0.05) is 6.07 Å². The number of anilines is 2. The van der Waals surface area contributed by atoms with E-state index in [0.29, 0.717) is 17.7 Å². The minimum absolute atomic E-state index is 0.0109. The van der Waals surface area contributed by atoms with Crippen LogP contribution in [0.25, 0.3) is 0 Å². The molecule has 0 spiro atoms. The zero-order valence-corrected chi connectivity index (χ0v) is 23.0. The quantitative estimate of drug-likeness (QED) is 0.202. The van der Waals surface area contributed by atoms with Gasteiger partial charge in [-0.3, -0.25) is 9.78 Å². The van der Waals surface area contributed by atoms with Crippen LogP contribution in [-0.2, 0) is 5.67 Å². The molecule has 2 aromatic carbocycles. The lowest BCUT2D eigenvalue weighted by molar-refractivity contribution is -0.348. The van der Waals surface area contributed by atoms with Crippen LogP contribution in [0.2, 0.25) is 0 Å². The van der Waals surface area contributed by atoms with Gasteiger partial charge >= 0.3 is 18.0 Å². The van der Waals surface area contributed by atoms with Gasteiger partial charge in [-0.25, -0.2) is 4.39 Å². The minimum atomic E-state index is -6.31. The molecular formula is C24H18Br2F7N3O3. The van der Waals surface area contributed by atoms with Gasteiger partial charge in [0.25, 0.3) is 5.91 Å². The Hall–Kier alpha value is -2.91. The number of nitrogens with zero attached hydrogens (tertiary/aromatic N) is 2. The summed E-state index contributed by atoms with van der Waals surface area (Å²) in [7, 11) is 2.46. The Balaban J connectivity index is 2.01. The van der Waals surface area contributed by atoms with E-state index >= 15 is 0 Å². The zero-order valence-electron chi connectivity index (χ0n) is 19.8. The average molecular weight is 689 g/mol. The first-order chi connectivity index (χ1) is 18.0. The number of methoxy groups -OCH3 is 1. The number of hydrogen-bond donors (Lipinski definition) is 2. The second-order valence-corrected chi connectivity index (χ2v) is 9.73. The summed E-state index contributed by atoms with van der Waals surface area (Å²) in [5.41, 5.74) is -7.00. The number of halogens is 9. The van der Waals surface area contributed by atoms with Gasteiger partial charge in [-0.15, -0.1) is 0 Å². The Morgan fingerprint density at radius 1 is 1.00 bits per heavy atom. The van der Waals surface area contributed by atoms with Crippen molar-refractivity contribution in [3.8, 4) is 5.75 Å². The molecule has 1 amide bonds. The van der Waals surface area contributed by atoms with Crippen molar-refractivity contribution in [2.45, 2.75) is 24.2 Å². The summed E-state index contributed by atoms with van der Waals surface area (Å²) < 4.78 is 98.6. The normalized spacial score (nSPS) is 13.1. The third kappa shape index (κ3) is 5.84. The highest BCUT2D eigenvalue weighted by Gasteiger charge is 2.73. The van der Waals surface area contributed by atoms with Crippen LogP contribution >= 0.6 is 31.9 Å². The van der Waals surface area contributed by atoms with Gasteiger partial charge in [0.1, 0.15) is 0 Å². The van der Waals surface area contributed by atoms with Gasteiger partial charge in [0.2, 0.25) is 0 Å². The van der Waals surface area contributed by atoms with Gasteiger partial charge in [0.15, 0.2) is 12.0 Å². The Kier molecular flexibility index (Phi) is 8.87. The van der Waals surface area contributed by atoms with E-state index in [1.54, 1.807) is 12.1 Å². The third-order valence-electron chi connectivity index (χ3n) is 5.60. The summed E-state index contributed by atoms with van der Waals surface area (Å²) in [6.45, 7) is 0. The fraction of sp³-hybridized carbons (Fsp3) is 0.250. The van der Waals surface area contributed by atoms with Gasteiger partial charge in [-0.2, -0.15) is 26.3 Å². The molecule has 0 saturated carbocycles. The van der Waals surface area contributed by atoms with Crippen molar-refractivity contribution < 1.29 is 45.4 Å². The van der Waals surface area contributed by atoms with E-state index in [9.17, 15) is 40.6 Å². The van der Waals surface area contributed by atoms with Gasteiger partial charge in [0, 0.05) is 39.5 Å². The number of aliphatic hydroxyl groups is 1. The lowest BCUT2D eigenvalue weighted by atomic mass is 9.94. The number of carbonyl (C=O) groups is 1. The van der Waals surface area contributed by atoms with Crippen molar-refractivity contribution in [2.75, 3.05) is 24.4 Å². The van der Waals surface area contributed by atoms with Crippen LogP contribution < -0.4 is 15.0 Å². The minimum Gasteiger partial charge on any atom is -0.494 e. The van der Waals surface area contributed by atoms with Crippen LogP contribution in [0, 0.1) is 0 Å². The molecule has 2 N–H and O–H groups in total. The molecule has 1 heterocycles. The van der Waals surface area contributed by atoms with Gasteiger partial charge in [0.05, 0.1) is 24.0 Å². The number of para-hydroxylation sites is 1. The average Bonchev–Trinajstić information content (AvgIpc) is 2.86. The molecule has 0 fully saturated rings. The molecule has 3 aromatic rings. The van der Waals surface area contributed by atoms with Crippen molar-refractivity contribution in [3.05, 3.63) is 80.5 Å². The first kappa shape index (κ1) is 30.6. The number of benzene rings is 2. The molecule has 1 atom stereocenters. The maximum Gasteiger partial charge on any atom is 0.435 e. The number of alkyl halides is 7. The standard InChI is InChI=1S/C24H18Br2F7N3O3/c1-36(18-15(25)10-13(11-16(18)26)22(27,23(28,29)30)24(31,32)33)21(38)14-4-3-5-17(19(14)39-2)35-20(37)12-6-8-34-9-7-12/h3-11,20,35,37H,1-2H3. The van der Waals surface area contributed by atoms with Crippen molar-refractivity contribution in [3.63, 3.8) is 0 Å². The number of aromatic nitrogens is 1. The fourth-order valence-electron chi connectivity index (χ4n) is 3.67. The summed E-state index contributed by atoms with van der Waals surface area (Å²) in [6, 6.07) is 8.05. The molecule has 39 heavy (non-hydrogen) atoms. The van der Waals surface area contributed by atoms with E-state index in [2.05, 4.69) is 42.2 Å². The topological polar surface area (TPSA) is 74.7 Å². The highest BCUT2D eigenvalue weighted by atomic mass is 79.9. The Morgan fingerprint density at radius 3 is 2.03 bits per heavy atom. The number of amides is 1. The Morgan fingerprint density at radius 2 is 1.54 bits per heavy atom. The second kappa shape index (κ2) is 11.3. The predicted molar refractivity (Wildman–Crippen MR) is 135 cm³/mol. The highest BCUT2D eigenvalue weighted by molar-refractivity contribution is 9.11. The molecule has 0 aliphatic heterocycles. The summed E-state index contributed by atoms with van der Waals surface area (Å²) in [6.07, 6.45) is -10.9. The molecule has 210 valence electrons. The summed E-state index contributed by atoms with van der Waals surface area (Å²) in [5, 5.41) is 13.3. The number of pyridine rings is 1. The predicted octanol–water partition coefficient (Wildman–Crippen LogP) is 7.28. The molecule has 0 aliphatic rings. The van der Waals surface area contributed by atoms with Gasteiger partial charge in [-0.05, 0) is 68.3 Å². The second-order valence-electron chi connectivity index (χ2n) is 8.02. The molecule has 15 heteroatoms. The smallest absolute Gasteiger partial charge is 0.435 e. The van der Waals surface area contributed by atoms with Crippen LogP contribution in [-0.4, -0.2) is 42.5 Å². The van der Waals surface area contributed by atoms with Crippen LogP contribution in [0.1, 0.15) is 27.7 Å². The molecule has 1 unspecified atom stereocenters. The van der Waals surface area contributed by atoms with E-state index in [0.717, 1.165) is 4.90 Å².